The number of nitrogens with one attached hydrogen (secondary N) is 1. The summed E-state index contributed by atoms with van der Waals surface area (Å²) >= 11 is 3.37. The normalized spacial score (nSPS) is 10.5. The molecule has 1 heterocycles. The Hall–Kier alpha value is -1.29. The summed E-state index contributed by atoms with van der Waals surface area (Å²) in [6.07, 6.45) is 1.62. The highest BCUT2D eigenvalue weighted by atomic mass is 79.9. The molecule has 0 fully saturated rings. The van der Waals surface area contributed by atoms with E-state index in [0.717, 1.165) is 15.4 Å². The van der Waals surface area contributed by atoms with Gasteiger partial charge in [-0.05, 0) is 12.1 Å². The van der Waals surface area contributed by atoms with Crippen LogP contribution >= 0.6 is 15.9 Å². The predicted octanol–water partition coefficient (Wildman–Crippen LogP) is 2.03. The zero-order valence-corrected chi connectivity index (χ0v) is 8.26. The van der Waals surface area contributed by atoms with Crippen molar-refractivity contribution < 1.29 is 4.79 Å². The van der Waals surface area contributed by atoms with Gasteiger partial charge in [-0.3, -0.25) is 4.79 Å². The Kier molecular flexibility index (Phi) is 1.84. The first-order valence-electron chi connectivity index (χ1n) is 3.75. The van der Waals surface area contributed by atoms with Crippen molar-refractivity contribution in [3.05, 3.63) is 34.4 Å². The summed E-state index contributed by atoms with van der Waals surface area (Å²) in [4.78, 5) is 14.0. The van der Waals surface area contributed by atoms with Crippen molar-refractivity contribution in [2.24, 2.45) is 5.73 Å². The van der Waals surface area contributed by atoms with Gasteiger partial charge in [0.25, 0.3) is 5.91 Å². The highest BCUT2D eigenvalue weighted by Gasteiger charge is 2.10. The molecule has 0 bridgehead atoms. The van der Waals surface area contributed by atoms with Gasteiger partial charge in [-0.25, -0.2) is 0 Å². The molecule has 0 atom stereocenters. The number of primary amides is 1. The van der Waals surface area contributed by atoms with E-state index in [1.807, 2.05) is 18.2 Å². The minimum Gasteiger partial charge on any atom is -0.366 e. The van der Waals surface area contributed by atoms with Crippen LogP contribution in [0.2, 0.25) is 0 Å². The molecule has 0 saturated carbocycles. The van der Waals surface area contributed by atoms with Crippen LogP contribution in [0, 0.1) is 0 Å². The van der Waals surface area contributed by atoms with E-state index in [-0.39, 0.29) is 0 Å². The first kappa shape index (κ1) is 8.31. The zero-order chi connectivity index (χ0) is 9.42. The summed E-state index contributed by atoms with van der Waals surface area (Å²) in [5.74, 6) is -0.418. The third kappa shape index (κ3) is 1.23. The number of carbonyl (C=O) groups excluding carboxylic acids is 1. The SMILES string of the molecule is NC(=O)c1c[nH]c2cccc(Br)c12. The van der Waals surface area contributed by atoms with Crippen LogP contribution in [-0.2, 0) is 0 Å². The van der Waals surface area contributed by atoms with Crippen molar-refractivity contribution in [2.75, 3.05) is 0 Å². The zero-order valence-electron chi connectivity index (χ0n) is 6.67. The number of H-pyrrole nitrogens is 1. The molecule has 0 aliphatic heterocycles. The molecule has 3 N–H and O–H groups in total. The average Bonchev–Trinajstić information content (AvgIpc) is 2.49. The Morgan fingerprint density at radius 1 is 1.46 bits per heavy atom. The molecule has 0 spiro atoms. The van der Waals surface area contributed by atoms with Gasteiger partial charge in [-0.2, -0.15) is 0 Å². The van der Waals surface area contributed by atoms with Gasteiger partial charge in [0, 0.05) is 21.6 Å². The van der Waals surface area contributed by atoms with Gasteiger partial charge in [0.1, 0.15) is 0 Å². The average molecular weight is 239 g/mol. The fraction of sp³-hybridized carbons (Fsp3) is 0. The largest absolute Gasteiger partial charge is 0.366 e. The fourth-order valence-corrected chi connectivity index (χ4v) is 1.91. The molecular formula is C9H7BrN2O. The molecule has 2 rings (SSSR count). The highest BCUT2D eigenvalue weighted by molar-refractivity contribution is 9.10. The van der Waals surface area contributed by atoms with Crippen molar-refractivity contribution in [3.8, 4) is 0 Å². The number of fused-ring (bicyclic) bond motifs is 1. The molecule has 13 heavy (non-hydrogen) atoms. The number of hydrogen-bond acceptors (Lipinski definition) is 1. The molecule has 2 aromatic rings. The molecule has 0 saturated heterocycles. The number of halogens is 1. The number of aromatic amines is 1. The highest BCUT2D eigenvalue weighted by Crippen LogP contribution is 2.26. The third-order valence-electron chi connectivity index (χ3n) is 1.92. The minimum atomic E-state index is -0.418. The van der Waals surface area contributed by atoms with Crippen molar-refractivity contribution >= 4 is 32.7 Å². The summed E-state index contributed by atoms with van der Waals surface area (Å²) < 4.78 is 0.875. The number of benzene rings is 1. The Balaban J connectivity index is 2.86. The second-order valence-corrected chi connectivity index (χ2v) is 3.58. The van der Waals surface area contributed by atoms with Gasteiger partial charge in [0.05, 0.1) is 5.56 Å². The molecule has 0 aliphatic carbocycles. The van der Waals surface area contributed by atoms with Crippen LogP contribution in [0.4, 0.5) is 0 Å². The summed E-state index contributed by atoms with van der Waals surface area (Å²) in [6.45, 7) is 0. The van der Waals surface area contributed by atoms with Crippen LogP contribution in [0.5, 0.6) is 0 Å². The van der Waals surface area contributed by atoms with E-state index < -0.39 is 5.91 Å². The van der Waals surface area contributed by atoms with Gasteiger partial charge in [0.15, 0.2) is 0 Å². The van der Waals surface area contributed by atoms with Gasteiger partial charge in [-0.1, -0.05) is 22.0 Å². The molecule has 66 valence electrons. The maximum Gasteiger partial charge on any atom is 0.250 e. The van der Waals surface area contributed by atoms with Crippen LogP contribution in [0.3, 0.4) is 0 Å². The molecule has 0 aliphatic rings. The second kappa shape index (κ2) is 2.88. The van der Waals surface area contributed by atoms with E-state index in [0.29, 0.717) is 5.56 Å². The summed E-state index contributed by atoms with van der Waals surface area (Å²) in [6, 6.07) is 5.67. The molecule has 0 radical (unpaired) electrons. The molecule has 1 amide bonds. The number of aromatic nitrogens is 1. The van der Waals surface area contributed by atoms with E-state index >= 15 is 0 Å². The van der Waals surface area contributed by atoms with E-state index in [2.05, 4.69) is 20.9 Å². The molecule has 3 nitrogen and oxygen atoms in total. The lowest BCUT2D eigenvalue weighted by Gasteiger charge is -1.95. The maximum atomic E-state index is 11.0. The fourth-order valence-electron chi connectivity index (χ4n) is 1.33. The maximum absolute atomic E-state index is 11.0. The number of hydrogen-bond donors (Lipinski definition) is 2. The number of nitrogens with two attached hydrogens (primary N) is 1. The van der Waals surface area contributed by atoms with E-state index in [4.69, 9.17) is 5.73 Å². The van der Waals surface area contributed by atoms with Crippen LogP contribution < -0.4 is 5.73 Å². The smallest absolute Gasteiger partial charge is 0.250 e. The van der Waals surface area contributed by atoms with Gasteiger partial charge in [-0.15, -0.1) is 0 Å². The van der Waals surface area contributed by atoms with Gasteiger partial charge >= 0.3 is 0 Å². The first-order chi connectivity index (χ1) is 6.20. The lowest BCUT2D eigenvalue weighted by molar-refractivity contribution is 0.100. The summed E-state index contributed by atoms with van der Waals surface area (Å²) in [5, 5.41) is 0.843. The van der Waals surface area contributed by atoms with Crippen LogP contribution in [-0.4, -0.2) is 10.9 Å². The summed E-state index contributed by atoms with van der Waals surface area (Å²) in [5.41, 5.74) is 6.64. The Bertz CT molecular complexity index is 475. The van der Waals surface area contributed by atoms with E-state index in [1.165, 1.54) is 0 Å². The van der Waals surface area contributed by atoms with Crippen LogP contribution in [0.1, 0.15) is 10.4 Å². The second-order valence-electron chi connectivity index (χ2n) is 2.73. The monoisotopic (exact) mass is 238 g/mol. The third-order valence-corrected chi connectivity index (χ3v) is 2.58. The van der Waals surface area contributed by atoms with Gasteiger partial charge < -0.3 is 10.7 Å². The molecule has 4 heteroatoms. The Labute approximate surface area is 83.1 Å². The predicted molar refractivity (Wildman–Crippen MR) is 54.5 cm³/mol. The van der Waals surface area contributed by atoms with Crippen molar-refractivity contribution in [1.29, 1.82) is 0 Å². The lowest BCUT2D eigenvalue weighted by Crippen LogP contribution is -2.09. The van der Waals surface area contributed by atoms with Crippen molar-refractivity contribution in [1.82, 2.24) is 4.98 Å². The molecule has 1 aromatic carbocycles. The number of rotatable bonds is 1. The van der Waals surface area contributed by atoms with Crippen molar-refractivity contribution in [2.45, 2.75) is 0 Å². The summed E-state index contributed by atoms with van der Waals surface area (Å²) in [7, 11) is 0. The Morgan fingerprint density at radius 3 is 2.92 bits per heavy atom. The van der Waals surface area contributed by atoms with Crippen LogP contribution in [0.25, 0.3) is 10.9 Å². The number of carbonyl (C=O) groups is 1. The first-order valence-corrected chi connectivity index (χ1v) is 4.55. The van der Waals surface area contributed by atoms with Gasteiger partial charge in [0.2, 0.25) is 0 Å². The minimum absolute atomic E-state index is 0.418. The Morgan fingerprint density at radius 2 is 2.23 bits per heavy atom. The standard InChI is InChI=1S/C9H7BrN2O/c10-6-2-1-3-7-8(6)5(4-12-7)9(11)13/h1-4,12H,(H2,11,13). The molecular weight excluding hydrogens is 232 g/mol. The lowest BCUT2D eigenvalue weighted by atomic mass is 10.2. The van der Waals surface area contributed by atoms with Crippen LogP contribution in [0.15, 0.2) is 28.9 Å². The van der Waals surface area contributed by atoms with E-state index in [1.54, 1.807) is 6.20 Å². The molecule has 1 aromatic heterocycles. The topological polar surface area (TPSA) is 58.9 Å². The van der Waals surface area contributed by atoms with Crippen molar-refractivity contribution in [3.63, 3.8) is 0 Å². The number of amides is 1. The van der Waals surface area contributed by atoms with E-state index in [9.17, 15) is 4.79 Å². The quantitative estimate of drug-likeness (QED) is 0.785. The molecule has 0 unspecified atom stereocenters.